The molecule has 0 saturated heterocycles. The minimum absolute atomic E-state index is 0.0399. The molecule has 0 aliphatic carbocycles. The molecule has 3 aromatic rings. The van der Waals surface area contributed by atoms with Crippen LogP contribution in [0.5, 0.6) is 17.2 Å². The molecule has 0 saturated carbocycles. The Morgan fingerprint density at radius 1 is 0.750 bits per heavy atom. The van der Waals surface area contributed by atoms with Gasteiger partial charge in [-0.1, -0.05) is 77.3 Å². The highest BCUT2D eigenvalue weighted by Crippen LogP contribution is 2.30. The topological polar surface area (TPSA) is 94.4 Å². The van der Waals surface area contributed by atoms with E-state index < -0.39 is 5.97 Å². The standard InChI is InChI=1S/C37H47NO6/c1-4-6-8-10-11-13-25-42-33-23-24-34(35(39)26-33)38-27-29-15-17-30(18-16-29)37(41)44-32-21-19-31(20-22-32)36(40)43-28(3)14-12-9-7-5-2/h15-24,26-28,39H,4-14,25H2,1-3H3/t28-/m1/s1. The number of ether oxygens (including phenoxy) is 3. The molecular formula is C37H47NO6. The van der Waals surface area contributed by atoms with Gasteiger partial charge in [0, 0.05) is 12.3 Å². The van der Waals surface area contributed by atoms with Crippen LogP contribution >= 0.6 is 0 Å². The summed E-state index contributed by atoms with van der Waals surface area (Å²) in [6, 6.07) is 18.2. The molecule has 0 unspecified atom stereocenters. The molecule has 0 spiro atoms. The fourth-order valence-electron chi connectivity index (χ4n) is 4.62. The Bertz CT molecular complexity index is 1320. The van der Waals surface area contributed by atoms with E-state index in [4.69, 9.17) is 14.2 Å². The van der Waals surface area contributed by atoms with Crippen molar-refractivity contribution in [2.75, 3.05) is 6.61 Å². The zero-order valence-corrected chi connectivity index (χ0v) is 26.4. The van der Waals surface area contributed by atoms with Crippen LogP contribution in [0.2, 0.25) is 0 Å². The number of aromatic hydroxyl groups is 1. The third kappa shape index (κ3) is 12.2. The lowest BCUT2D eigenvalue weighted by atomic mass is 10.1. The largest absolute Gasteiger partial charge is 0.506 e. The van der Waals surface area contributed by atoms with Crippen LogP contribution in [0.3, 0.4) is 0 Å². The van der Waals surface area contributed by atoms with Crippen LogP contribution in [-0.4, -0.2) is 36.0 Å². The van der Waals surface area contributed by atoms with Crippen molar-refractivity contribution in [3.05, 3.63) is 83.4 Å². The molecule has 0 aliphatic rings. The van der Waals surface area contributed by atoms with Crippen LogP contribution < -0.4 is 9.47 Å². The second-order valence-corrected chi connectivity index (χ2v) is 11.1. The van der Waals surface area contributed by atoms with E-state index in [0.29, 0.717) is 34.9 Å². The Kier molecular flexibility index (Phi) is 15.0. The van der Waals surface area contributed by atoms with E-state index in [2.05, 4.69) is 18.8 Å². The highest BCUT2D eigenvalue weighted by molar-refractivity contribution is 5.93. The molecule has 1 N–H and O–H groups in total. The SMILES string of the molecule is CCCCCCCCOc1ccc(N=Cc2ccc(C(=O)Oc3ccc(C(=O)O[C@H](C)CCCCCC)cc3)cc2)c(O)c1. The van der Waals surface area contributed by atoms with Crippen LogP contribution in [0.1, 0.15) is 118 Å². The first-order valence-electron chi connectivity index (χ1n) is 16.0. The van der Waals surface area contributed by atoms with E-state index in [1.165, 1.54) is 38.5 Å². The minimum Gasteiger partial charge on any atom is -0.506 e. The second-order valence-electron chi connectivity index (χ2n) is 11.1. The zero-order chi connectivity index (χ0) is 31.6. The van der Waals surface area contributed by atoms with Gasteiger partial charge in [0.15, 0.2) is 0 Å². The van der Waals surface area contributed by atoms with E-state index in [-0.39, 0.29) is 17.8 Å². The number of phenolic OH excluding ortho intramolecular Hbond substituents is 1. The monoisotopic (exact) mass is 601 g/mol. The van der Waals surface area contributed by atoms with Crippen molar-refractivity contribution in [3.63, 3.8) is 0 Å². The predicted octanol–water partition coefficient (Wildman–Crippen LogP) is 9.62. The van der Waals surface area contributed by atoms with E-state index in [9.17, 15) is 14.7 Å². The summed E-state index contributed by atoms with van der Waals surface area (Å²) in [7, 11) is 0. The van der Waals surface area contributed by atoms with Gasteiger partial charge >= 0.3 is 11.9 Å². The maximum absolute atomic E-state index is 12.7. The lowest BCUT2D eigenvalue weighted by molar-refractivity contribution is 0.0319. The van der Waals surface area contributed by atoms with Gasteiger partial charge in [0.1, 0.15) is 22.9 Å². The van der Waals surface area contributed by atoms with Crippen molar-refractivity contribution in [2.45, 2.75) is 97.5 Å². The number of hydrogen-bond acceptors (Lipinski definition) is 7. The van der Waals surface area contributed by atoms with Gasteiger partial charge in [0.25, 0.3) is 0 Å². The molecule has 0 aromatic heterocycles. The number of aliphatic imine (C=N–C) groups is 1. The summed E-state index contributed by atoms with van der Waals surface area (Å²) in [6.45, 7) is 6.91. The summed E-state index contributed by atoms with van der Waals surface area (Å²) >= 11 is 0. The van der Waals surface area contributed by atoms with Crippen molar-refractivity contribution in [1.29, 1.82) is 0 Å². The number of hydrogen-bond donors (Lipinski definition) is 1. The highest BCUT2D eigenvalue weighted by atomic mass is 16.5. The third-order valence-corrected chi connectivity index (χ3v) is 7.29. The highest BCUT2D eigenvalue weighted by Gasteiger charge is 2.14. The fourth-order valence-corrected chi connectivity index (χ4v) is 4.62. The van der Waals surface area contributed by atoms with Crippen molar-refractivity contribution in [2.24, 2.45) is 4.99 Å². The minimum atomic E-state index is -0.515. The summed E-state index contributed by atoms with van der Waals surface area (Å²) in [6.07, 6.45) is 14.0. The molecule has 0 bridgehead atoms. The molecule has 7 heteroatoms. The number of phenols is 1. The molecule has 1 atom stereocenters. The first kappa shape index (κ1) is 34.4. The van der Waals surface area contributed by atoms with Gasteiger partial charge in [-0.15, -0.1) is 0 Å². The number of nitrogens with zero attached hydrogens (tertiary/aromatic N) is 1. The number of benzene rings is 3. The summed E-state index contributed by atoms with van der Waals surface area (Å²) < 4.78 is 16.8. The predicted molar refractivity (Wildman–Crippen MR) is 176 cm³/mol. The van der Waals surface area contributed by atoms with Gasteiger partial charge in [-0.25, -0.2) is 9.59 Å². The van der Waals surface area contributed by atoms with Gasteiger partial charge in [-0.3, -0.25) is 4.99 Å². The van der Waals surface area contributed by atoms with Gasteiger partial charge in [-0.2, -0.15) is 0 Å². The normalized spacial score (nSPS) is 11.8. The van der Waals surface area contributed by atoms with Crippen LogP contribution in [0.25, 0.3) is 0 Å². The van der Waals surface area contributed by atoms with Crippen LogP contribution in [0.4, 0.5) is 5.69 Å². The maximum Gasteiger partial charge on any atom is 0.343 e. The molecule has 44 heavy (non-hydrogen) atoms. The Hall–Kier alpha value is -4.13. The van der Waals surface area contributed by atoms with E-state index in [1.807, 2.05) is 6.92 Å². The molecule has 0 heterocycles. The molecule has 7 nitrogen and oxygen atoms in total. The third-order valence-electron chi connectivity index (χ3n) is 7.29. The first-order chi connectivity index (χ1) is 21.4. The maximum atomic E-state index is 12.7. The lowest BCUT2D eigenvalue weighted by Gasteiger charge is -2.13. The van der Waals surface area contributed by atoms with Crippen LogP contribution in [-0.2, 0) is 4.74 Å². The quantitative estimate of drug-likeness (QED) is 0.0636. The zero-order valence-electron chi connectivity index (χ0n) is 26.4. The first-order valence-corrected chi connectivity index (χ1v) is 16.0. The second kappa shape index (κ2) is 19.2. The van der Waals surface area contributed by atoms with Crippen molar-refractivity contribution < 1.29 is 28.9 Å². The van der Waals surface area contributed by atoms with Gasteiger partial charge in [0.2, 0.25) is 0 Å². The van der Waals surface area contributed by atoms with Crippen molar-refractivity contribution >= 4 is 23.8 Å². The summed E-state index contributed by atoms with van der Waals surface area (Å²) in [5.74, 6) is 0.0934. The van der Waals surface area contributed by atoms with Crippen molar-refractivity contribution in [3.8, 4) is 17.2 Å². The summed E-state index contributed by atoms with van der Waals surface area (Å²) in [5.41, 5.74) is 1.97. The number of unbranched alkanes of at least 4 members (excludes halogenated alkanes) is 8. The van der Waals surface area contributed by atoms with E-state index >= 15 is 0 Å². The van der Waals surface area contributed by atoms with Gasteiger partial charge < -0.3 is 19.3 Å². The molecule has 0 radical (unpaired) electrons. The summed E-state index contributed by atoms with van der Waals surface area (Å²) in [5, 5.41) is 10.4. The molecule has 3 rings (SSSR count). The summed E-state index contributed by atoms with van der Waals surface area (Å²) in [4.78, 5) is 29.5. The van der Waals surface area contributed by atoms with Crippen LogP contribution in [0.15, 0.2) is 71.7 Å². The molecular weight excluding hydrogens is 554 g/mol. The molecule has 236 valence electrons. The Morgan fingerprint density at radius 3 is 2.02 bits per heavy atom. The fraction of sp³-hybridized carbons (Fsp3) is 0.432. The average Bonchev–Trinajstić information content (AvgIpc) is 3.03. The number of carbonyl (C=O) groups is 2. The Morgan fingerprint density at radius 2 is 1.34 bits per heavy atom. The molecule has 3 aromatic carbocycles. The number of rotatable bonds is 19. The molecule has 0 amide bonds. The average molecular weight is 602 g/mol. The van der Waals surface area contributed by atoms with Gasteiger partial charge in [-0.05, 0) is 80.3 Å². The smallest absolute Gasteiger partial charge is 0.343 e. The number of carbonyl (C=O) groups excluding carboxylic acids is 2. The van der Waals surface area contributed by atoms with Crippen molar-refractivity contribution in [1.82, 2.24) is 0 Å². The Labute approximate surface area is 262 Å². The lowest BCUT2D eigenvalue weighted by Crippen LogP contribution is -2.15. The molecule has 0 aliphatic heterocycles. The number of esters is 2. The van der Waals surface area contributed by atoms with Gasteiger partial charge in [0.05, 0.1) is 23.8 Å². The van der Waals surface area contributed by atoms with E-state index in [1.54, 1.807) is 72.9 Å². The van der Waals surface area contributed by atoms with Crippen LogP contribution in [0, 0.1) is 0 Å². The van der Waals surface area contributed by atoms with E-state index in [0.717, 1.165) is 37.7 Å². The Balaban J connectivity index is 1.45. The molecule has 0 fully saturated rings.